The summed E-state index contributed by atoms with van der Waals surface area (Å²) in [5.41, 5.74) is 3.35. The third-order valence-electron chi connectivity index (χ3n) is 4.88. The van der Waals surface area contributed by atoms with E-state index in [1.54, 1.807) is 4.90 Å². The highest BCUT2D eigenvalue weighted by Crippen LogP contribution is 2.30. The van der Waals surface area contributed by atoms with Crippen molar-refractivity contribution in [2.24, 2.45) is 0 Å². The summed E-state index contributed by atoms with van der Waals surface area (Å²) < 4.78 is 24.1. The van der Waals surface area contributed by atoms with Crippen LogP contribution in [-0.4, -0.2) is 59.3 Å². The number of benzene rings is 1. The molecular formula is C18H24N4O3S3. The van der Waals surface area contributed by atoms with Crippen LogP contribution in [-0.2, 0) is 14.6 Å². The number of hydrogen-bond donors (Lipinski definition) is 1. The third kappa shape index (κ3) is 5.03. The molecule has 1 aromatic carbocycles. The predicted octanol–water partition coefficient (Wildman–Crippen LogP) is 3.03. The van der Waals surface area contributed by atoms with Crippen molar-refractivity contribution in [3.05, 3.63) is 29.3 Å². The van der Waals surface area contributed by atoms with E-state index in [1.807, 2.05) is 19.1 Å². The van der Waals surface area contributed by atoms with Crippen LogP contribution in [0.1, 0.15) is 24.5 Å². The van der Waals surface area contributed by atoms with E-state index in [0.29, 0.717) is 22.4 Å². The van der Waals surface area contributed by atoms with Gasteiger partial charge in [-0.3, -0.25) is 4.79 Å². The van der Waals surface area contributed by atoms with E-state index >= 15 is 0 Å². The highest BCUT2D eigenvalue weighted by molar-refractivity contribution is 8.01. The lowest BCUT2D eigenvalue weighted by Gasteiger charge is -2.26. The summed E-state index contributed by atoms with van der Waals surface area (Å²) in [6.07, 6.45) is 0.523. The van der Waals surface area contributed by atoms with Gasteiger partial charge in [0.25, 0.3) is 0 Å². The second kappa shape index (κ2) is 8.79. The van der Waals surface area contributed by atoms with Gasteiger partial charge in [-0.25, -0.2) is 8.42 Å². The number of hydrogen-bond acceptors (Lipinski definition) is 8. The molecular weight excluding hydrogens is 416 g/mol. The lowest BCUT2D eigenvalue weighted by Crippen LogP contribution is -2.41. The standard InChI is InChI=1S/C18H24N4O3S3/c1-4-22(14-8-9-28(24,25)11-14)16(23)10-26-18-21-20-17(27-18)19-15-7-5-6-12(2)13(15)3/h5-7,14H,4,8-11H2,1-3H3,(H,19,20)/t14-/m1/s1. The molecule has 0 saturated carbocycles. The van der Waals surface area contributed by atoms with E-state index in [9.17, 15) is 13.2 Å². The number of carbonyl (C=O) groups excluding carboxylic acids is 1. The topological polar surface area (TPSA) is 92.3 Å². The molecule has 1 N–H and O–H groups in total. The van der Waals surface area contributed by atoms with Crippen molar-refractivity contribution < 1.29 is 13.2 Å². The lowest BCUT2D eigenvalue weighted by atomic mass is 10.1. The van der Waals surface area contributed by atoms with Crippen LogP contribution in [0.15, 0.2) is 22.5 Å². The monoisotopic (exact) mass is 440 g/mol. The fraction of sp³-hybridized carbons (Fsp3) is 0.500. The van der Waals surface area contributed by atoms with Gasteiger partial charge < -0.3 is 10.2 Å². The zero-order chi connectivity index (χ0) is 20.3. The molecule has 0 radical (unpaired) electrons. The molecule has 28 heavy (non-hydrogen) atoms. The Morgan fingerprint density at radius 1 is 1.36 bits per heavy atom. The van der Waals surface area contributed by atoms with E-state index in [1.165, 1.54) is 28.7 Å². The summed E-state index contributed by atoms with van der Waals surface area (Å²) in [6.45, 7) is 6.50. The molecule has 152 valence electrons. The van der Waals surface area contributed by atoms with Gasteiger partial charge in [-0.15, -0.1) is 10.2 Å². The van der Waals surface area contributed by atoms with E-state index in [0.717, 1.165) is 11.3 Å². The van der Waals surface area contributed by atoms with Crippen LogP contribution in [0.25, 0.3) is 0 Å². The zero-order valence-electron chi connectivity index (χ0n) is 16.1. The van der Waals surface area contributed by atoms with Crippen molar-refractivity contribution in [3.8, 4) is 0 Å². The molecule has 0 aliphatic carbocycles. The number of aromatic nitrogens is 2. The van der Waals surface area contributed by atoms with Gasteiger partial charge in [-0.1, -0.05) is 35.2 Å². The van der Waals surface area contributed by atoms with Crippen LogP contribution in [0.3, 0.4) is 0 Å². The molecule has 10 heteroatoms. The fourth-order valence-electron chi connectivity index (χ4n) is 3.19. The Balaban J connectivity index is 1.57. The van der Waals surface area contributed by atoms with Gasteiger partial charge in [0, 0.05) is 18.3 Å². The van der Waals surface area contributed by atoms with Crippen LogP contribution >= 0.6 is 23.1 Å². The number of nitrogens with zero attached hydrogens (tertiary/aromatic N) is 3. The molecule has 1 atom stereocenters. The van der Waals surface area contributed by atoms with Crippen molar-refractivity contribution in [1.29, 1.82) is 0 Å². The first-order valence-corrected chi connectivity index (χ1v) is 12.7. The SMILES string of the molecule is CCN(C(=O)CSc1nnc(Nc2cccc(C)c2C)s1)[C@@H]1CCS(=O)(=O)C1. The Morgan fingerprint density at radius 3 is 2.82 bits per heavy atom. The number of sulfone groups is 1. The van der Waals surface area contributed by atoms with Crippen molar-refractivity contribution in [2.75, 3.05) is 29.1 Å². The number of thioether (sulfide) groups is 1. The number of aryl methyl sites for hydroxylation is 1. The molecule has 3 rings (SSSR count). The Bertz CT molecular complexity index is 959. The summed E-state index contributed by atoms with van der Waals surface area (Å²) in [5, 5.41) is 12.3. The Labute approximate surface area is 173 Å². The molecule has 1 saturated heterocycles. The quantitative estimate of drug-likeness (QED) is 0.662. The van der Waals surface area contributed by atoms with Gasteiger partial charge >= 0.3 is 0 Å². The minimum atomic E-state index is -3.01. The van der Waals surface area contributed by atoms with Crippen LogP contribution in [0, 0.1) is 13.8 Å². The molecule has 1 aliphatic heterocycles. The van der Waals surface area contributed by atoms with E-state index in [2.05, 4.69) is 35.4 Å². The molecule has 0 unspecified atom stereocenters. The van der Waals surface area contributed by atoms with Crippen molar-refractivity contribution in [1.82, 2.24) is 15.1 Å². The molecule has 1 amide bonds. The first-order chi connectivity index (χ1) is 13.3. The molecule has 1 aromatic heterocycles. The van der Waals surface area contributed by atoms with Gasteiger partial charge in [0.1, 0.15) is 0 Å². The molecule has 0 bridgehead atoms. The average molecular weight is 441 g/mol. The Kier molecular flexibility index (Phi) is 6.61. The number of carbonyl (C=O) groups is 1. The number of amides is 1. The summed E-state index contributed by atoms with van der Waals surface area (Å²) in [5.74, 6) is 0.398. The summed E-state index contributed by atoms with van der Waals surface area (Å²) >= 11 is 2.73. The van der Waals surface area contributed by atoms with E-state index in [4.69, 9.17) is 0 Å². The predicted molar refractivity (Wildman–Crippen MR) is 114 cm³/mol. The van der Waals surface area contributed by atoms with Crippen LogP contribution in [0.4, 0.5) is 10.8 Å². The second-order valence-corrected chi connectivity index (χ2v) is 11.2. The second-order valence-electron chi connectivity index (χ2n) is 6.77. The largest absolute Gasteiger partial charge is 0.338 e. The van der Waals surface area contributed by atoms with Crippen molar-refractivity contribution in [2.45, 2.75) is 37.6 Å². The fourth-order valence-corrected chi connectivity index (χ4v) is 6.57. The normalized spacial score (nSPS) is 18.2. The average Bonchev–Trinajstić information content (AvgIpc) is 3.24. The molecule has 1 fully saturated rings. The maximum atomic E-state index is 12.6. The summed E-state index contributed by atoms with van der Waals surface area (Å²) in [7, 11) is -3.01. The lowest BCUT2D eigenvalue weighted by molar-refractivity contribution is -0.129. The summed E-state index contributed by atoms with van der Waals surface area (Å²) in [4.78, 5) is 14.3. The smallest absolute Gasteiger partial charge is 0.233 e. The molecule has 2 aromatic rings. The van der Waals surface area contributed by atoms with Gasteiger partial charge in [0.15, 0.2) is 14.2 Å². The van der Waals surface area contributed by atoms with Gasteiger partial charge in [0.05, 0.1) is 17.3 Å². The van der Waals surface area contributed by atoms with Crippen LogP contribution < -0.4 is 5.32 Å². The Hall–Kier alpha value is -1.65. The molecule has 2 heterocycles. The number of rotatable bonds is 7. The molecule has 0 spiro atoms. The van der Waals surface area contributed by atoms with E-state index in [-0.39, 0.29) is 29.2 Å². The number of anilines is 2. The molecule has 7 nitrogen and oxygen atoms in total. The van der Waals surface area contributed by atoms with Gasteiger partial charge in [-0.2, -0.15) is 0 Å². The van der Waals surface area contributed by atoms with Crippen molar-refractivity contribution >= 4 is 49.7 Å². The van der Waals surface area contributed by atoms with E-state index < -0.39 is 9.84 Å². The minimum absolute atomic E-state index is 0.0613. The number of nitrogens with one attached hydrogen (secondary N) is 1. The Morgan fingerprint density at radius 2 is 2.14 bits per heavy atom. The maximum Gasteiger partial charge on any atom is 0.233 e. The van der Waals surface area contributed by atoms with Gasteiger partial charge in [0.2, 0.25) is 11.0 Å². The highest BCUT2D eigenvalue weighted by Gasteiger charge is 2.33. The maximum absolute atomic E-state index is 12.6. The highest BCUT2D eigenvalue weighted by atomic mass is 32.2. The first kappa shape index (κ1) is 21.1. The minimum Gasteiger partial charge on any atom is -0.338 e. The van der Waals surface area contributed by atoms with Crippen LogP contribution in [0.2, 0.25) is 0 Å². The zero-order valence-corrected chi connectivity index (χ0v) is 18.6. The van der Waals surface area contributed by atoms with Crippen molar-refractivity contribution in [3.63, 3.8) is 0 Å². The van der Waals surface area contributed by atoms with Gasteiger partial charge in [-0.05, 0) is 44.4 Å². The molecule has 1 aliphatic rings. The first-order valence-electron chi connectivity index (χ1n) is 9.08. The van der Waals surface area contributed by atoms with Crippen LogP contribution in [0.5, 0.6) is 0 Å². The third-order valence-corrected chi connectivity index (χ3v) is 8.59. The summed E-state index contributed by atoms with van der Waals surface area (Å²) in [6, 6.07) is 5.83.